The van der Waals surface area contributed by atoms with Gasteiger partial charge in [0.25, 0.3) is 16.0 Å². The number of phenols is 2. The van der Waals surface area contributed by atoms with Crippen molar-refractivity contribution in [2.45, 2.75) is 94.8 Å². The summed E-state index contributed by atoms with van der Waals surface area (Å²) in [6.45, 7) is 6.46. The van der Waals surface area contributed by atoms with E-state index in [9.17, 15) is 32.8 Å². The van der Waals surface area contributed by atoms with Gasteiger partial charge in [-0.15, -0.1) is 9.45 Å². The van der Waals surface area contributed by atoms with Crippen LogP contribution in [0, 0.1) is 0 Å². The number of rotatable bonds is 24. The van der Waals surface area contributed by atoms with E-state index in [2.05, 4.69) is 62.3 Å². The van der Waals surface area contributed by atoms with Crippen molar-refractivity contribution in [2.75, 3.05) is 18.5 Å². The quantitative estimate of drug-likeness (QED) is 0.00828. The number of fused-ring (bicyclic) bond motifs is 2. The molecule has 0 aromatic heterocycles. The van der Waals surface area contributed by atoms with E-state index in [0.717, 1.165) is 50.0 Å². The van der Waals surface area contributed by atoms with E-state index >= 15 is 0 Å². The molecule has 0 heterocycles. The molecule has 6 rings (SSSR count). The first-order valence-electron chi connectivity index (χ1n) is 22.0. The molecule has 0 aliphatic rings. The molecule has 0 aliphatic heterocycles. The van der Waals surface area contributed by atoms with Crippen LogP contribution in [0.25, 0.3) is 21.5 Å². The highest BCUT2D eigenvalue weighted by Crippen LogP contribution is 2.47. The van der Waals surface area contributed by atoms with Crippen molar-refractivity contribution in [3.8, 4) is 28.7 Å². The van der Waals surface area contributed by atoms with Gasteiger partial charge in [0.05, 0.1) is 45.4 Å². The molecule has 2 amide bonds. The smallest absolute Gasteiger partial charge is 0.294 e. The van der Waals surface area contributed by atoms with Crippen molar-refractivity contribution in [1.82, 2.24) is 5.32 Å². The summed E-state index contributed by atoms with van der Waals surface area (Å²) < 4.78 is 50.8. The van der Waals surface area contributed by atoms with Gasteiger partial charge in [-0.1, -0.05) is 81.0 Å². The zero-order valence-corrected chi connectivity index (χ0v) is 39.0. The molecular weight excluding hydrogens is 901 g/mol. The van der Waals surface area contributed by atoms with Crippen molar-refractivity contribution < 1.29 is 56.9 Å². The zero-order chi connectivity index (χ0) is 47.9. The molecule has 16 nitrogen and oxygen atoms in total. The summed E-state index contributed by atoms with van der Waals surface area (Å²) in [6.07, 6.45) is 10.5. The highest BCUT2D eigenvalue weighted by atomic mass is 32.2. The Labute approximate surface area is 393 Å². The number of aromatic hydroxyl groups is 2. The number of nitrogens with one attached hydrogen (secondary N) is 2. The molecule has 0 radical (unpaired) electrons. The number of unbranched alkanes of at least 4 members (excludes halogenated alkanes) is 5. The largest absolute Gasteiger partial charge is 0.506 e. The minimum atomic E-state index is -4.73. The van der Waals surface area contributed by atoms with Crippen LogP contribution >= 0.6 is 12.0 Å². The predicted octanol–water partition coefficient (Wildman–Crippen LogP) is 12.3. The lowest BCUT2D eigenvalue weighted by Gasteiger charge is -2.15. The van der Waals surface area contributed by atoms with Crippen molar-refractivity contribution in [2.24, 2.45) is 10.2 Å². The van der Waals surface area contributed by atoms with E-state index in [1.54, 1.807) is 48.5 Å². The number of azo groups is 1. The Morgan fingerprint density at radius 2 is 1.51 bits per heavy atom. The predicted molar refractivity (Wildman–Crippen MR) is 257 cm³/mol. The van der Waals surface area contributed by atoms with Gasteiger partial charge in [-0.2, -0.15) is 13.5 Å². The number of phenolic OH excluding ortho intramolecular Hbond substituents is 2. The van der Waals surface area contributed by atoms with Gasteiger partial charge in [0.15, 0.2) is 5.75 Å². The van der Waals surface area contributed by atoms with E-state index < -0.39 is 32.6 Å². The maximum atomic E-state index is 13.5. The van der Waals surface area contributed by atoms with E-state index in [1.165, 1.54) is 55.9 Å². The third kappa shape index (κ3) is 13.4. The minimum absolute atomic E-state index is 0.00178. The number of hydrogen-bond donors (Lipinski definition) is 6. The van der Waals surface area contributed by atoms with Crippen molar-refractivity contribution >= 4 is 72.6 Å². The van der Waals surface area contributed by atoms with Gasteiger partial charge in [0.2, 0.25) is 5.91 Å². The van der Waals surface area contributed by atoms with Crippen LogP contribution < -0.4 is 20.1 Å². The fourth-order valence-corrected chi connectivity index (χ4v) is 8.52. The van der Waals surface area contributed by atoms with Crippen LogP contribution in [0.1, 0.15) is 93.6 Å². The number of hydrogen-bond acceptors (Lipinski definition) is 14. The van der Waals surface area contributed by atoms with Crippen LogP contribution in [0.2, 0.25) is 0 Å². The third-order valence-electron chi connectivity index (χ3n) is 10.8. The van der Waals surface area contributed by atoms with Gasteiger partial charge < -0.3 is 30.3 Å². The number of carbonyl (C=O) groups excluding carboxylic acids is 2. The SMILES string of the molecule is CCCCCc1ccc(OCCCCNC(=O)c2cc(Oc3ccc(N=Nc4c(SOOO)cc5cc(S(=O)(=O)O)cc(NC(C)=O)c5c4O)cc3)c3ccccc3c2O)c(CCCCC)c1. The van der Waals surface area contributed by atoms with E-state index in [-0.39, 0.29) is 44.0 Å². The lowest BCUT2D eigenvalue weighted by Crippen LogP contribution is -2.25. The van der Waals surface area contributed by atoms with Gasteiger partial charge >= 0.3 is 0 Å². The first-order valence-corrected chi connectivity index (χ1v) is 24.2. The summed E-state index contributed by atoms with van der Waals surface area (Å²) in [5.41, 5.74) is 2.58. The molecule has 6 aromatic rings. The van der Waals surface area contributed by atoms with Gasteiger partial charge in [0.1, 0.15) is 28.7 Å². The Morgan fingerprint density at radius 1 is 0.776 bits per heavy atom. The molecule has 0 aliphatic carbocycles. The summed E-state index contributed by atoms with van der Waals surface area (Å²) >= 11 is 0.408. The molecule has 0 unspecified atom stereocenters. The number of ether oxygens (including phenoxy) is 2. The second-order valence-corrected chi connectivity index (χ2v) is 18.0. The highest BCUT2D eigenvalue weighted by molar-refractivity contribution is 7.94. The van der Waals surface area contributed by atoms with Gasteiger partial charge in [0, 0.05) is 29.6 Å². The maximum absolute atomic E-state index is 13.5. The molecular formula is C49H54N4O12S2. The summed E-state index contributed by atoms with van der Waals surface area (Å²) in [5, 5.41) is 50.0. The van der Waals surface area contributed by atoms with Crippen LogP contribution in [-0.2, 0) is 37.1 Å². The lowest BCUT2D eigenvalue weighted by atomic mass is 10.00. The normalized spacial score (nSPS) is 11.7. The molecule has 0 bridgehead atoms. The van der Waals surface area contributed by atoms with Gasteiger partial charge in [-0.3, -0.25) is 14.1 Å². The Hall–Kier alpha value is -6.28. The van der Waals surface area contributed by atoms with Gasteiger partial charge in [-0.25, -0.2) is 5.26 Å². The first-order chi connectivity index (χ1) is 32.3. The standard InChI is InChI=1S/C49H54N4O12S2/c1-4-6-8-14-32-18-23-42(33(26-32)15-9-7-5-2)62-25-13-12-24-50-49(57)40-30-43(38-16-10-11-17-39(38)47(40)55)63-36-21-19-35(20-22-36)52-53-46-44(66-65-64-58)28-34-27-37(67(59,60)61)29-41(51-31(3)54)45(34)48(46)56/h10-11,16-23,26-30,55-56,58H,4-9,12-15,24-25H2,1-3H3,(H,50,57)(H,51,54)(H,59,60,61). The number of nitrogens with zero attached hydrogens (tertiary/aromatic N) is 2. The molecule has 0 atom stereocenters. The summed E-state index contributed by atoms with van der Waals surface area (Å²) in [4.78, 5) is 25.0. The lowest BCUT2D eigenvalue weighted by molar-refractivity contribution is -0.432. The molecule has 6 aromatic carbocycles. The van der Waals surface area contributed by atoms with Crippen LogP contribution in [0.15, 0.2) is 111 Å². The van der Waals surface area contributed by atoms with E-state index in [4.69, 9.17) is 14.7 Å². The number of benzene rings is 6. The van der Waals surface area contributed by atoms with E-state index in [1.807, 2.05) is 0 Å². The second kappa shape index (κ2) is 24.0. The van der Waals surface area contributed by atoms with Crippen LogP contribution in [0.3, 0.4) is 0 Å². The second-order valence-electron chi connectivity index (χ2n) is 15.8. The molecule has 18 heteroatoms. The molecule has 0 saturated heterocycles. The molecule has 6 N–H and O–H groups in total. The molecule has 354 valence electrons. The van der Waals surface area contributed by atoms with Crippen molar-refractivity contribution in [3.05, 3.63) is 108 Å². The first kappa shape index (κ1) is 50.1. The Bertz CT molecular complexity index is 2840. The number of amides is 2. The molecule has 0 fully saturated rings. The zero-order valence-electron chi connectivity index (χ0n) is 37.4. The van der Waals surface area contributed by atoms with Crippen molar-refractivity contribution in [3.63, 3.8) is 0 Å². The van der Waals surface area contributed by atoms with Crippen LogP contribution in [-0.4, -0.2) is 53.4 Å². The Morgan fingerprint density at radius 3 is 2.21 bits per heavy atom. The van der Waals surface area contributed by atoms with Crippen LogP contribution in [0.5, 0.6) is 28.7 Å². The molecule has 0 spiro atoms. The number of carbonyl (C=O) groups is 2. The Kier molecular flexibility index (Phi) is 17.9. The van der Waals surface area contributed by atoms with Crippen LogP contribution in [0.4, 0.5) is 17.1 Å². The average Bonchev–Trinajstić information content (AvgIpc) is 3.30. The summed E-state index contributed by atoms with van der Waals surface area (Å²) in [5.74, 6) is -0.197. The maximum Gasteiger partial charge on any atom is 0.294 e. The number of anilines is 1. The molecule has 0 saturated carbocycles. The number of aryl methyl sites for hydroxylation is 2. The fourth-order valence-electron chi connectivity index (χ4n) is 7.48. The Balaban J connectivity index is 1.14. The highest BCUT2D eigenvalue weighted by Gasteiger charge is 2.23. The average molecular weight is 955 g/mol. The summed E-state index contributed by atoms with van der Waals surface area (Å²) in [7, 11) is -4.73. The fraction of sp³-hybridized carbons (Fsp3) is 0.306. The minimum Gasteiger partial charge on any atom is -0.506 e. The molecule has 67 heavy (non-hydrogen) atoms. The monoisotopic (exact) mass is 954 g/mol. The van der Waals surface area contributed by atoms with Gasteiger partial charge in [-0.05, 0) is 110 Å². The van der Waals surface area contributed by atoms with Crippen molar-refractivity contribution in [1.29, 1.82) is 0 Å². The third-order valence-corrected chi connectivity index (χ3v) is 12.2. The topological polar surface area (TPSA) is 235 Å². The summed E-state index contributed by atoms with van der Waals surface area (Å²) in [6, 6.07) is 24.7. The van der Waals surface area contributed by atoms with E-state index in [0.29, 0.717) is 53.9 Å².